The van der Waals surface area contributed by atoms with Gasteiger partial charge in [0.25, 0.3) is 0 Å². The second-order valence-corrected chi connectivity index (χ2v) is 21.7. The lowest BCUT2D eigenvalue weighted by Crippen LogP contribution is -2.45. The highest BCUT2D eigenvalue weighted by Crippen LogP contribution is 2.17. The lowest BCUT2D eigenvalue weighted by Gasteiger charge is -2.20. The normalized spacial score (nSPS) is 12.8. The smallest absolute Gasteiger partial charge is 0.305 e. The molecular weight excluding hydrogens is 875 g/mol. The summed E-state index contributed by atoms with van der Waals surface area (Å²) >= 11 is 0. The molecule has 0 spiro atoms. The number of allylic oxidation sites excluding steroid dienone is 5. The summed E-state index contributed by atoms with van der Waals surface area (Å²) in [7, 11) is 0. The van der Waals surface area contributed by atoms with Crippen LogP contribution in [0.5, 0.6) is 0 Å². The first-order valence-corrected chi connectivity index (χ1v) is 31.8. The highest BCUT2D eigenvalue weighted by atomic mass is 16.5. The number of unbranched alkanes of at least 4 members (excludes halogenated alkanes) is 44. The Morgan fingerprint density at radius 2 is 0.676 bits per heavy atom. The Kier molecular flexibility index (Phi) is 59.0. The van der Waals surface area contributed by atoms with Crippen LogP contribution in [0.15, 0.2) is 36.5 Å². The Labute approximate surface area is 443 Å². The third kappa shape index (κ3) is 57.2. The minimum absolute atomic E-state index is 0.0000909. The van der Waals surface area contributed by atoms with Gasteiger partial charge in [-0.3, -0.25) is 9.59 Å². The van der Waals surface area contributed by atoms with Crippen molar-refractivity contribution in [2.75, 3.05) is 13.2 Å². The van der Waals surface area contributed by atoms with Crippen LogP contribution >= 0.6 is 0 Å². The summed E-state index contributed by atoms with van der Waals surface area (Å²) in [5.41, 5.74) is 0. The average Bonchev–Trinajstić information content (AvgIpc) is 3.37. The van der Waals surface area contributed by atoms with E-state index in [1.54, 1.807) is 6.08 Å². The molecule has 0 saturated heterocycles. The van der Waals surface area contributed by atoms with Gasteiger partial charge in [-0.2, -0.15) is 0 Å². The van der Waals surface area contributed by atoms with Gasteiger partial charge in [-0.15, -0.1) is 0 Å². The summed E-state index contributed by atoms with van der Waals surface area (Å²) in [6.45, 7) is 4.88. The van der Waals surface area contributed by atoms with E-state index in [1.165, 1.54) is 263 Å². The molecule has 2 unspecified atom stereocenters. The Balaban J connectivity index is 3.45. The molecule has 0 saturated carbocycles. The van der Waals surface area contributed by atoms with E-state index in [0.29, 0.717) is 19.4 Å². The van der Waals surface area contributed by atoms with Crippen molar-refractivity contribution in [3.05, 3.63) is 36.5 Å². The summed E-state index contributed by atoms with van der Waals surface area (Å²) in [5.74, 6) is -0.0720. The van der Waals surface area contributed by atoms with Crippen LogP contribution in [0.2, 0.25) is 0 Å². The molecule has 0 aliphatic carbocycles. The van der Waals surface area contributed by atoms with Gasteiger partial charge >= 0.3 is 5.97 Å². The fourth-order valence-corrected chi connectivity index (χ4v) is 9.73. The monoisotopic (exact) mass is 998 g/mol. The molecule has 1 amide bonds. The quantitative estimate of drug-likeness (QED) is 0.0321. The van der Waals surface area contributed by atoms with Crippen molar-refractivity contribution in [1.29, 1.82) is 0 Å². The van der Waals surface area contributed by atoms with E-state index < -0.39 is 12.1 Å². The Morgan fingerprint density at radius 3 is 1.04 bits per heavy atom. The zero-order valence-corrected chi connectivity index (χ0v) is 47.7. The van der Waals surface area contributed by atoms with Crippen LogP contribution in [-0.4, -0.2) is 47.4 Å². The third-order valence-corrected chi connectivity index (χ3v) is 14.6. The minimum atomic E-state index is -0.849. The highest BCUT2D eigenvalue weighted by molar-refractivity contribution is 5.76. The van der Waals surface area contributed by atoms with E-state index in [9.17, 15) is 19.8 Å². The van der Waals surface area contributed by atoms with Crippen molar-refractivity contribution >= 4 is 11.9 Å². The predicted octanol–water partition coefficient (Wildman–Crippen LogP) is 20.0. The number of ether oxygens (including phenoxy) is 1. The molecule has 0 heterocycles. The van der Waals surface area contributed by atoms with Crippen LogP contribution in [0, 0.1) is 0 Å². The molecule has 0 aromatic carbocycles. The van der Waals surface area contributed by atoms with Gasteiger partial charge in [-0.25, -0.2) is 0 Å². The number of amides is 1. The van der Waals surface area contributed by atoms with Crippen molar-refractivity contribution in [2.45, 2.75) is 353 Å². The van der Waals surface area contributed by atoms with Crippen LogP contribution < -0.4 is 5.32 Å². The Bertz CT molecular complexity index is 1150. The lowest BCUT2D eigenvalue weighted by atomic mass is 10.0. The summed E-state index contributed by atoms with van der Waals surface area (Å²) in [6.07, 6.45) is 76.2. The van der Waals surface area contributed by atoms with Gasteiger partial charge in [-0.1, -0.05) is 288 Å². The molecule has 0 aliphatic heterocycles. The maximum absolute atomic E-state index is 12.5. The number of esters is 1. The number of aliphatic hydroxyl groups is 2. The molecule has 71 heavy (non-hydrogen) atoms. The molecule has 0 radical (unpaired) electrons. The predicted molar refractivity (Wildman–Crippen MR) is 310 cm³/mol. The first-order chi connectivity index (χ1) is 35.0. The lowest BCUT2D eigenvalue weighted by molar-refractivity contribution is -0.143. The third-order valence-electron chi connectivity index (χ3n) is 14.6. The van der Waals surface area contributed by atoms with Crippen LogP contribution in [0.1, 0.15) is 341 Å². The summed E-state index contributed by atoms with van der Waals surface area (Å²) in [4.78, 5) is 24.5. The molecule has 0 aromatic rings. The molecule has 3 N–H and O–H groups in total. The van der Waals surface area contributed by atoms with Crippen LogP contribution in [0.3, 0.4) is 0 Å². The molecule has 6 nitrogen and oxygen atoms in total. The van der Waals surface area contributed by atoms with E-state index in [2.05, 4.69) is 43.5 Å². The topological polar surface area (TPSA) is 95.9 Å². The van der Waals surface area contributed by atoms with Crippen LogP contribution in [-0.2, 0) is 14.3 Å². The van der Waals surface area contributed by atoms with Gasteiger partial charge in [0.1, 0.15) is 0 Å². The number of rotatable bonds is 59. The zero-order chi connectivity index (χ0) is 51.4. The van der Waals surface area contributed by atoms with E-state index in [1.807, 2.05) is 6.08 Å². The second kappa shape index (κ2) is 60.6. The Hall–Kier alpha value is -1.92. The fourth-order valence-electron chi connectivity index (χ4n) is 9.73. The number of hydrogen-bond acceptors (Lipinski definition) is 5. The van der Waals surface area contributed by atoms with Gasteiger partial charge in [-0.05, 0) is 77.0 Å². The largest absolute Gasteiger partial charge is 0.466 e. The van der Waals surface area contributed by atoms with Crippen LogP contribution in [0.4, 0.5) is 0 Å². The maximum Gasteiger partial charge on any atom is 0.305 e. The highest BCUT2D eigenvalue weighted by Gasteiger charge is 2.18. The van der Waals surface area contributed by atoms with Crippen LogP contribution in [0.25, 0.3) is 0 Å². The van der Waals surface area contributed by atoms with Gasteiger partial charge < -0.3 is 20.3 Å². The molecule has 0 fully saturated rings. The number of hydrogen-bond donors (Lipinski definition) is 3. The molecule has 6 heteroatoms. The SMILES string of the molecule is CCCC/C=C\CCCCCCCC(=O)OCCCCCCCCCCCCCC/C=C\CCCCCCCCCC(=O)NC(CO)C(O)/C=C/CCCCCCCCCCCCCCCCCCCC. The molecule has 2 atom stereocenters. The molecule has 0 aromatic heterocycles. The summed E-state index contributed by atoms with van der Waals surface area (Å²) < 4.78 is 5.46. The molecule has 0 rings (SSSR count). The van der Waals surface area contributed by atoms with Crippen molar-refractivity contribution in [1.82, 2.24) is 5.32 Å². The van der Waals surface area contributed by atoms with Gasteiger partial charge in [0.15, 0.2) is 0 Å². The molecule has 418 valence electrons. The fraction of sp³-hybridized carbons (Fsp3) is 0.877. The molecule has 0 bridgehead atoms. The summed E-state index contributed by atoms with van der Waals surface area (Å²) in [6, 6.07) is -0.633. The van der Waals surface area contributed by atoms with Crippen molar-refractivity contribution in [3.8, 4) is 0 Å². The van der Waals surface area contributed by atoms with Gasteiger partial charge in [0.05, 0.1) is 25.4 Å². The van der Waals surface area contributed by atoms with Crippen molar-refractivity contribution in [2.24, 2.45) is 0 Å². The zero-order valence-electron chi connectivity index (χ0n) is 47.7. The first-order valence-electron chi connectivity index (χ1n) is 31.8. The molecular formula is C65H123NO5. The number of aliphatic hydroxyl groups excluding tert-OH is 2. The Morgan fingerprint density at radius 1 is 0.380 bits per heavy atom. The first kappa shape index (κ1) is 69.1. The average molecular weight is 999 g/mol. The molecule has 0 aliphatic rings. The summed E-state index contributed by atoms with van der Waals surface area (Å²) in [5, 5.41) is 23.2. The minimum Gasteiger partial charge on any atom is -0.466 e. The van der Waals surface area contributed by atoms with Gasteiger partial charge in [0, 0.05) is 12.8 Å². The van der Waals surface area contributed by atoms with Crippen molar-refractivity contribution < 1.29 is 24.5 Å². The number of carbonyl (C=O) groups excluding carboxylic acids is 2. The van der Waals surface area contributed by atoms with E-state index >= 15 is 0 Å². The van der Waals surface area contributed by atoms with E-state index in [4.69, 9.17) is 4.74 Å². The number of nitrogens with one attached hydrogen (secondary N) is 1. The maximum atomic E-state index is 12.5. The second-order valence-electron chi connectivity index (χ2n) is 21.7. The standard InChI is InChI=1S/C65H123NO5/c1-3-5-7-9-11-13-15-16-17-18-19-25-28-31-34-38-41-45-49-53-57-63(68)62(61-67)66-64(69)58-54-50-46-42-39-35-32-29-26-23-21-20-22-24-27-30-33-36-40-44-48-52-56-60-71-65(70)59-55-51-47-43-37-14-12-10-8-6-4-2/h10,12,23,26,53,57,62-63,67-68H,3-9,11,13-22,24-25,27-52,54-56,58-61H2,1-2H3,(H,66,69)/b12-10-,26-23-,57-53+. The number of carbonyl (C=O) groups is 2. The van der Waals surface area contributed by atoms with E-state index in [-0.39, 0.29) is 18.5 Å². The van der Waals surface area contributed by atoms with Crippen molar-refractivity contribution in [3.63, 3.8) is 0 Å². The van der Waals surface area contributed by atoms with Gasteiger partial charge in [0.2, 0.25) is 5.91 Å². The van der Waals surface area contributed by atoms with E-state index in [0.717, 1.165) is 51.4 Å².